The molecule has 12 heavy (non-hydrogen) atoms. The fourth-order valence-electron chi connectivity index (χ4n) is 0.810. The van der Waals surface area contributed by atoms with Crippen LogP contribution in [0.4, 0.5) is 0 Å². The molecule has 3 heteroatoms. The van der Waals surface area contributed by atoms with Crippen LogP contribution in [0.5, 0.6) is 0 Å². The third-order valence-corrected chi connectivity index (χ3v) is 1.52. The number of esters is 1. The molecule has 1 unspecified atom stereocenters. The van der Waals surface area contributed by atoms with Crippen molar-refractivity contribution in [3.05, 3.63) is 0 Å². The predicted molar refractivity (Wildman–Crippen MR) is 46.8 cm³/mol. The fourth-order valence-corrected chi connectivity index (χ4v) is 0.810. The summed E-state index contributed by atoms with van der Waals surface area (Å²) in [5.41, 5.74) is 0. The summed E-state index contributed by atoms with van der Waals surface area (Å²) in [6.45, 7) is 5.51. The van der Waals surface area contributed by atoms with E-state index in [0.717, 1.165) is 0 Å². The summed E-state index contributed by atoms with van der Waals surface area (Å²) < 4.78 is 4.90. The van der Waals surface area contributed by atoms with Gasteiger partial charge in [-0.05, 0) is 26.7 Å². The molecule has 0 aliphatic rings. The van der Waals surface area contributed by atoms with E-state index < -0.39 is 0 Å². The van der Waals surface area contributed by atoms with Crippen molar-refractivity contribution in [2.24, 2.45) is 0 Å². The zero-order valence-electron chi connectivity index (χ0n) is 8.04. The van der Waals surface area contributed by atoms with Crippen LogP contribution >= 0.6 is 0 Å². The van der Waals surface area contributed by atoms with E-state index in [-0.39, 0.29) is 18.2 Å². The lowest BCUT2D eigenvalue weighted by molar-refractivity contribution is -0.148. The minimum absolute atomic E-state index is 0.0590. The van der Waals surface area contributed by atoms with Crippen LogP contribution in [0.15, 0.2) is 0 Å². The minimum Gasteiger partial charge on any atom is -0.463 e. The van der Waals surface area contributed by atoms with Crippen LogP contribution in [0.3, 0.4) is 0 Å². The van der Waals surface area contributed by atoms with E-state index in [1.54, 1.807) is 0 Å². The Morgan fingerprint density at radius 3 is 2.50 bits per heavy atom. The van der Waals surface area contributed by atoms with Crippen LogP contribution in [-0.2, 0) is 9.53 Å². The third-order valence-electron chi connectivity index (χ3n) is 1.52. The lowest BCUT2D eigenvalue weighted by Gasteiger charge is -2.09. The van der Waals surface area contributed by atoms with Crippen LogP contribution in [0.1, 0.15) is 40.0 Å². The molecule has 0 aliphatic carbocycles. The van der Waals surface area contributed by atoms with Gasteiger partial charge in [-0.3, -0.25) is 4.79 Å². The first kappa shape index (κ1) is 11.4. The molecule has 3 nitrogen and oxygen atoms in total. The molecule has 0 aromatic carbocycles. The highest BCUT2D eigenvalue weighted by atomic mass is 16.5. The Balaban J connectivity index is 3.44. The monoisotopic (exact) mass is 174 g/mol. The zero-order valence-corrected chi connectivity index (χ0v) is 8.04. The molecule has 0 saturated heterocycles. The Kier molecular flexibility index (Phi) is 5.72. The second kappa shape index (κ2) is 6.00. The Hall–Kier alpha value is -0.570. The number of carbonyl (C=O) groups excluding carboxylic acids is 1. The van der Waals surface area contributed by atoms with Crippen LogP contribution in [0.25, 0.3) is 0 Å². The highest BCUT2D eigenvalue weighted by Crippen LogP contribution is 2.03. The number of aliphatic hydroxyl groups is 1. The molecular formula is C9H18O3. The van der Waals surface area contributed by atoms with Gasteiger partial charge < -0.3 is 9.84 Å². The zero-order chi connectivity index (χ0) is 9.56. The second-order valence-corrected chi connectivity index (χ2v) is 3.14. The van der Waals surface area contributed by atoms with Gasteiger partial charge in [-0.15, -0.1) is 0 Å². The minimum atomic E-state index is -0.371. The standard InChI is InChI=1S/C9H18O3/c1-4-8(10)5-6-9(11)12-7(2)3/h7-8,10H,4-6H2,1-3H3. The molecule has 1 atom stereocenters. The van der Waals surface area contributed by atoms with Crippen LogP contribution in [0.2, 0.25) is 0 Å². The fraction of sp³-hybridized carbons (Fsp3) is 0.889. The number of rotatable bonds is 5. The Morgan fingerprint density at radius 1 is 1.50 bits per heavy atom. The largest absolute Gasteiger partial charge is 0.463 e. The van der Waals surface area contributed by atoms with Crippen LogP contribution in [-0.4, -0.2) is 23.3 Å². The van der Waals surface area contributed by atoms with Crippen molar-refractivity contribution >= 4 is 5.97 Å². The highest BCUT2D eigenvalue weighted by molar-refractivity contribution is 5.69. The first-order chi connectivity index (χ1) is 5.56. The normalized spacial score (nSPS) is 13.1. The molecule has 0 aliphatic heterocycles. The topological polar surface area (TPSA) is 46.5 Å². The van der Waals surface area contributed by atoms with Crippen LogP contribution < -0.4 is 0 Å². The summed E-state index contributed by atoms with van der Waals surface area (Å²) in [5, 5.41) is 9.13. The number of ether oxygens (including phenoxy) is 1. The average molecular weight is 174 g/mol. The van der Waals surface area contributed by atoms with Gasteiger partial charge in [-0.25, -0.2) is 0 Å². The third kappa shape index (κ3) is 6.16. The summed E-state index contributed by atoms with van der Waals surface area (Å²) in [6, 6.07) is 0. The average Bonchev–Trinajstić information content (AvgIpc) is 1.99. The molecule has 0 spiro atoms. The molecule has 0 fully saturated rings. The van der Waals surface area contributed by atoms with Gasteiger partial charge in [0.25, 0.3) is 0 Å². The first-order valence-electron chi connectivity index (χ1n) is 4.43. The summed E-state index contributed by atoms with van der Waals surface area (Å²) in [6.07, 6.45) is 1.07. The van der Waals surface area contributed by atoms with Gasteiger partial charge in [0.05, 0.1) is 12.2 Å². The van der Waals surface area contributed by atoms with Gasteiger partial charge >= 0.3 is 5.97 Å². The van der Waals surface area contributed by atoms with Crippen molar-refractivity contribution < 1.29 is 14.6 Å². The molecule has 0 bridgehead atoms. The molecule has 1 N–H and O–H groups in total. The maximum Gasteiger partial charge on any atom is 0.306 e. The molecular weight excluding hydrogens is 156 g/mol. The van der Waals surface area contributed by atoms with Gasteiger partial charge in [0.1, 0.15) is 0 Å². The molecule has 0 aromatic rings. The summed E-state index contributed by atoms with van der Waals surface area (Å²) in [7, 11) is 0. The molecule has 0 radical (unpaired) electrons. The van der Waals surface area contributed by atoms with Crippen molar-refractivity contribution in [2.75, 3.05) is 0 Å². The number of hydrogen-bond donors (Lipinski definition) is 1. The number of aliphatic hydroxyl groups excluding tert-OH is 1. The summed E-state index contributed by atoms with van der Waals surface area (Å²) in [4.78, 5) is 10.9. The first-order valence-corrected chi connectivity index (χ1v) is 4.43. The highest BCUT2D eigenvalue weighted by Gasteiger charge is 2.08. The molecule has 0 aromatic heterocycles. The Morgan fingerprint density at radius 2 is 2.08 bits per heavy atom. The van der Waals surface area contributed by atoms with Crippen LogP contribution in [0, 0.1) is 0 Å². The summed E-state index contributed by atoms with van der Waals surface area (Å²) >= 11 is 0. The van der Waals surface area contributed by atoms with Gasteiger partial charge in [0.2, 0.25) is 0 Å². The van der Waals surface area contributed by atoms with E-state index in [0.29, 0.717) is 19.3 Å². The Bertz CT molecular complexity index is 132. The van der Waals surface area contributed by atoms with Crippen molar-refractivity contribution in [2.45, 2.75) is 52.2 Å². The van der Waals surface area contributed by atoms with Gasteiger partial charge in [0.15, 0.2) is 0 Å². The molecule has 0 saturated carbocycles. The van der Waals surface area contributed by atoms with Crippen molar-refractivity contribution in [3.8, 4) is 0 Å². The van der Waals surface area contributed by atoms with Crippen molar-refractivity contribution in [3.63, 3.8) is 0 Å². The quantitative estimate of drug-likeness (QED) is 0.642. The van der Waals surface area contributed by atoms with E-state index in [4.69, 9.17) is 9.84 Å². The van der Waals surface area contributed by atoms with E-state index in [2.05, 4.69) is 0 Å². The lowest BCUT2D eigenvalue weighted by Crippen LogP contribution is -2.14. The maximum absolute atomic E-state index is 10.9. The number of hydrogen-bond acceptors (Lipinski definition) is 3. The summed E-state index contributed by atoms with van der Waals surface area (Å²) in [5.74, 6) is -0.225. The van der Waals surface area contributed by atoms with E-state index in [1.807, 2.05) is 20.8 Å². The van der Waals surface area contributed by atoms with E-state index in [9.17, 15) is 4.79 Å². The van der Waals surface area contributed by atoms with Crippen molar-refractivity contribution in [1.29, 1.82) is 0 Å². The predicted octanol–water partition coefficient (Wildman–Crippen LogP) is 1.49. The second-order valence-electron chi connectivity index (χ2n) is 3.14. The molecule has 72 valence electrons. The SMILES string of the molecule is CCC(O)CCC(=O)OC(C)C. The molecule has 0 rings (SSSR count). The van der Waals surface area contributed by atoms with E-state index >= 15 is 0 Å². The lowest BCUT2D eigenvalue weighted by atomic mass is 10.1. The maximum atomic E-state index is 10.9. The number of carbonyl (C=O) groups is 1. The van der Waals surface area contributed by atoms with Gasteiger partial charge in [-0.1, -0.05) is 6.92 Å². The van der Waals surface area contributed by atoms with E-state index in [1.165, 1.54) is 0 Å². The van der Waals surface area contributed by atoms with Gasteiger partial charge in [-0.2, -0.15) is 0 Å². The molecule has 0 heterocycles. The molecule has 0 amide bonds. The smallest absolute Gasteiger partial charge is 0.306 e. The van der Waals surface area contributed by atoms with Crippen molar-refractivity contribution in [1.82, 2.24) is 0 Å². The Labute approximate surface area is 73.7 Å². The van der Waals surface area contributed by atoms with Gasteiger partial charge in [0, 0.05) is 6.42 Å².